The lowest BCUT2D eigenvalue weighted by Crippen LogP contribution is -2.58. The van der Waals surface area contributed by atoms with Crippen LogP contribution < -0.4 is 5.32 Å². The maximum atomic E-state index is 12.1. The van der Waals surface area contributed by atoms with Gasteiger partial charge in [-0.15, -0.1) is 0 Å². The molecule has 1 aliphatic heterocycles. The number of amides is 2. The first kappa shape index (κ1) is 20.4. The number of hydrogen-bond acceptors (Lipinski definition) is 2. The molecule has 0 unspecified atom stereocenters. The molecule has 0 saturated carbocycles. The molecule has 4 nitrogen and oxygen atoms in total. The molecule has 0 aliphatic carbocycles. The van der Waals surface area contributed by atoms with Gasteiger partial charge in [-0.1, -0.05) is 69.5 Å². The molecule has 2 aromatic rings. The molecule has 2 amide bonds. The summed E-state index contributed by atoms with van der Waals surface area (Å²) in [6.07, 6.45) is 1.98. The van der Waals surface area contributed by atoms with Crippen LogP contribution in [0.5, 0.6) is 0 Å². The van der Waals surface area contributed by atoms with Gasteiger partial charge in [-0.3, -0.25) is 0 Å². The summed E-state index contributed by atoms with van der Waals surface area (Å²) in [5, 5.41) is 2.96. The van der Waals surface area contributed by atoms with E-state index in [0.717, 1.165) is 39.5 Å². The van der Waals surface area contributed by atoms with E-state index in [9.17, 15) is 4.79 Å². The Morgan fingerprint density at radius 3 is 2.07 bits per heavy atom. The van der Waals surface area contributed by atoms with Crippen molar-refractivity contribution in [2.75, 3.05) is 19.6 Å². The molecule has 0 spiro atoms. The molecular formula is C21H24Br2N2O2. The van der Waals surface area contributed by atoms with E-state index in [2.05, 4.69) is 68.4 Å². The van der Waals surface area contributed by atoms with Crippen LogP contribution in [-0.4, -0.2) is 36.7 Å². The molecule has 6 heteroatoms. The highest BCUT2D eigenvalue weighted by atomic mass is 79.9. The van der Waals surface area contributed by atoms with E-state index < -0.39 is 0 Å². The van der Waals surface area contributed by atoms with Crippen LogP contribution in [0.25, 0.3) is 0 Å². The van der Waals surface area contributed by atoms with Crippen LogP contribution >= 0.6 is 31.9 Å². The molecule has 27 heavy (non-hydrogen) atoms. The fourth-order valence-electron chi connectivity index (χ4n) is 2.99. The Labute approximate surface area is 177 Å². The number of hydrogen-bond donors (Lipinski definition) is 1. The summed E-state index contributed by atoms with van der Waals surface area (Å²) in [7, 11) is 0. The Morgan fingerprint density at radius 2 is 1.59 bits per heavy atom. The van der Waals surface area contributed by atoms with Gasteiger partial charge in [-0.05, 0) is 41.8 Å². The Bertz CT molecular complexity index is 698. The highest BCUT2D eigenvalue weighted by Gasteiger charge is 2.33. The summed E-state index contributed by atoms with van der Waals surface area (Å²) in [5.41, 5.74) is 2.21. The molecule has 0 bridgehead atoms. The Kier molecular flexibility index (Phi) is 7.33. The van der Waals surface area contributed by atoms with E-state index in [-0.39, 0.29) is 18.2 Å². The van der Waals surface area contributed by atoms with Crippen molar-refractivity contribution in [2.24, 2.45) is 0 Å². The van der Waals surface area contributed by atoms with Gasteiger partial charge in [0.1, 0.15) is 6.10 Å². The number of likely N-dealkylation sites (tertiary alicyclic amines) is 1. The number of ether oxygens (including phenoxy) is 1. The average Bonchev–Trinajstić information content (AvgIpc) is 2.63. The van der Waals surface area contributed by atoms with Gasteiger partial charge in [0.15, 0.2) is 0 Å². The molecule has 1 fully saturated rings. The highest BCUT2D eigenvalue weighted by Crippen LogP contribution is 2.31. The summed E-state index contributed by atoms with van der Waals surface area (Å²) in [6, 6.07) is 16.4. The van der Waals surface area contributed by atoms with Gasteiger partial charge in [0.2, 0.25) is 0 Å². The molecule has 0 atom stereocenters. The first-order valence-electron chi connectivity index (χ1n) is 9.26. The molecule has 2 aromatic carbocycles. The standard InChI is InChI=1S/C21H24Br2N2O2/c1-2-3-12-24-21(26)25-13-19(14-25)27-20(15-4-8-17(22)9-5-15)16-6-10-18(23)11-7-16/h4-11,19-20H,2-3,12-14H2,1H3,(H,24,26). The smallest absolute Gasteiger partial charge is 0.317 e. The summed E-state index contributed by atoms with van der Waals surface area (Å²) in [4.78, 5) is 13.9. The third kappa shape index (κ3) is 5.56. The first-order valence-corrected chi connectivity index (χ1v) is 10.8. The molecule has 1 N–H and O–H groups in total. The fourth-order valence-corrected chi connectivity index (χ4v) is 3.52. The van der Waals surface area contributed by atoms with Crippen LogP contribution in [0.15, 0.2) is 57.5 Å². The monoisotopic (exact) mass is 494 g/mol. The lowest BCUT2D eigenvalue weighted by molar-refractivity contribution is -0.0645. The molecular weight excluding hydrogens is 472 g/mol. The molecule has 1 aliphatic rings. The Morgan fingerprint density at radius 1 is 1.07 bits per heavy atom. The number of nitrogens with zero attached hydrogens (tertiary/aromatic N) is 1. The second-order valence-corrected chi connectivity index (χ2v) is 8.56. The van der Waals surface area contributed by atoms with E-state index in [0.29, 0.717) is 13.1 Å². The normalized spacial score (nSPS) is 14.3. The molecule has 1 heterocycles. The van der Waals surface area contributed by atoms with E-state index in [1.54, 1.807) is 4.90 Å². The lowest BCUT2D eigenvalue weighted by Gasteiger charge is -2.40. The number of carbonyl (C=O) groups is 1. The Hall–Kier alpha value is -1.37. The van der Waals surface area contributed by atoms with Gasteiger partial charge in [0, 0.05) is 15.5 Å². The number of rotatable bonds is 7. The second kappa shape index (κ2) is 9.71. The minimum Gasteiger partial charge on any atom is -0.362 e. The fraction of sp³-hybridized carbons (Fsp3) is 0.381. The lowest BCUT2D eigenvalue weighted by atomic mass is 10.0. The van der Waals surface area contributed by atoms with Crippen LogP contribution in [0, 0.1) is 0 Å². The van der Waals surface area contributed by atoms with Crippen LogP contribution in [0.1, 0.15) is 37.0 Å². The van der Waals surface area contributed by atoms with Crippen molar-refractivity contribution in [3.63, 3.8) is 0 Å². The molecule has 0 aromatic heterocycles. The van der Waals surface area contributed by atoms with E-state index in [1.165, 1.54) is 0 Å². The average molecular weight is 496 g/mol. The highest BCUT2D eigenvalue weighted by molar-refractivity contribution is 9.10. The zero-order valence-corrected chi connectivity index (χ0v) is 18.5. The van der Waals surface area contributed by atoms with Crippen LogP contribution in [-0.2, 0) is 4.74 Å². The van der Waals surface area contributed by atoms with Crippen molar-refractivity contribution < 1.29 is 9.53 Å². The number of nitrogens with one attached hydrogen (secondary N) is 1. The van der Waals surface area contributed by atoms with Gasteiger partial charge >= 0.3 is 6.03 Å². The van der Waals surface area contributed by atoms with Crippen molar-refractivity contribution in [2.45, 2.75) is 32.0 Å². The summed E-state index contributed by atoms with van der Waals surface area (Å²) in [6.45, 7) is 4.10. The zero-order chi connectivity index (χ0) is 19.2. The minimum atomic E-state index is -0.151. The molecule has 144 valence electrons. The third-order valence-electron chi connectivity index (χ3n) is 4.62. The maximum absolute atomic E-state index is 12.1. The molecule has 3 rings (SSSR count). The topological polar surface area (TPSA) is 41.6 Å². The number of unbranched alkanes of at least 4 members (excludes halogenated alkanes) is 1. The predicted octanol–water partition coefficient (Wildman–Crippen LogP) is 5.51. The number of carbonyl (C=O) groups excluding carboxylic acids is 1. The number of benzene rings is 2. The van der Waals surface area contributed by atoms with Gasteiger partial charge in [0.05, 0.1) is 19.2 Å². The SMILES string of the molecule is CCCCNC(=O)N1CC(OC(c2ccc(Br)cc2)c2ccc(Br)cc2)C1. The summed E-state index contributed by atoms with van der Waals surface area (Å²) < 4.78 is 8.47. The van der Waals surface area contributed by atoms with Gasteiger partial charge < -0.3 is 15.0 Å². The van der Waals surface area contributed by atoms with Crippen molar-refractivity contribution in [1.29, 1.82) is 0 Å². The van der Waals surface area contributed by atoms with Crippen molar-refractivity contribution >= 4 is 37.9 Å². The van der Waals surface area contributed by atoms with Crippen LogP contribution in [0.2, 0.25) is 0 Å². The van der Waals surface area contributed by atoms with Gasteiger partial charge in [-0.2, -0.15) is 0 Å². The zero-order valence-electron chi connectivity index (χ0n) is 15.3. The first-order chi connectivity index (χ1) is 13.1. The summed E-state index contributed by atoms with van der Waals surface area (Å²) >= 11 is 6.97. The van der Waals surface area contributed by atoms with Crippen molar-refractivity contribution in [1.82, 2.24) is 10.2 Å². The Balaban J connectivity index is 1.64. The van der Waals surface area contributed by atoms with Crippen LogP contribution in [0.4, 0.5) is 4.79 Å². The van der Waals surface area contributed by atoms with E-state index in [1.807, 2.05) is 24.3 Å². The predicted molar refractivity (Wildman–Crippen MR) is 115 cm³/mol. The van der Waals surface area contributed by atoms with Gasteiger partial charge in [-0.25, -0.2) is 4.79 Å². The second-order valence-electron chi connectivity index (χ2n) is 6.73. The summed E-state index contributed by atoms with van der Waals surface area (Å²) in [5.74, 6) is 0. The minimum absolute atomic E-state index is 0.00660. The number of halogens is 2. The van der Waals surface area contributed by atoms with Gasteiger partial charge in [0.25, 0.3) is 0 Å². The van der Waals surface area contributed by atoms with Crippen LogP contribution in [0.3, 0.4) is 0 Å². The quantitative estimate of drug-likeness (QED) is 0.514. The number of urea groups is 1. The molecule has 1 saturated heterocycles. The van der Waals surface area contributed by atoms with E-state index >= 15 is 0 Å². The van der Waals surface area contributed by atoms with E-state index in [4.69, 9.17) is 4.74 Å². The largest absolute Gasteiger partial charge is 0.362 e. The molecule has 0 radical (unpaired) electrons. The van der Waals surface area contributed by atoms with Crippen molar-refractivity contribution in [3.8, 4) is 0 Å². The maximum Gasteiger partial charge on any atom is 0.317 e. The van der Waals surface area contributed by atoms with Crippen molar-refractivity contribution in [3.05, 3.63) is 68.6 Å². The third-order valence-corrected chi connectivity index (χ3v) is 5.67.